The second kappa shape index (κ2) is 7.57. The second-order valence-corrected chi connectivity index (χ2v) is 6.43. The number of likely N-dealkylation sites (N-methyl/N-ethyl adjacent to an activating group) is 2. The first-order valence-electron chi connectivity index (χ1n) is 6.57. The van der Waals surface area contributed by atoms with Crippen molar-refractivity contribution >= 4 is 10.0 Å². The van der Waals surface area contributed by atoms with Crippen molar-refractivity contribution in [3.8, 4) is 0 Å². The van der Waals surface area contributed by atoms with Gasteiger partial charge in [0, 0.05) is 31.5 Å². The predicted molar refractivity (Wildman–Crippen MR) is 77.2 cm³/mol. The lowest BCUT2D eigenvalue weighted by molar-refractivity contribution is 0.368. The Labute approximate surface area is 116 Å². The van der Waals surface area contributed by atoms with Crippen molar-refractivity contribution in [2.75, 3.05) is 20.1 Å². The zero-order valence-electron chi connectivity index (χ0n) is 11.8. The van der Waals surface area contributed by atoms with E-state index in [4.69, 9.17) is 0 Å². The van der Waals surface area contributed by atoms with Crippen LogP contribution in [-0.4, -0.2) is 43.9 Å². The maximum absolute atomic E-state index is 12.4. The summed E-state index contributed by atoms with van der Waals surface area (Å²) >= 11 is 0. The molecule has 1 rings (SSSR count). The zero-order valence-corrected chi connectivity index (χ0v) is 12.7. The zero-order chi connectivity index (χ0) is 14.3. The molecule has 0 spiro atoms. The van der Waals surface area contributed by atoms with Crippen LogP contribution in [-0.2, 0) is 15.8 Å². The molecule has 19 heavy (non-hydrogen) atoms. The van der Waals surface area contributed by atoms with E-state index >= 15 is 0 Å². The Morgan fingerprint density at radius 2 is 1.95 bits per heavy atom. The molecule has 0 saturated carbocycles. The molecule has 0 aliphatic rings. The molecule has 0 radical (unpaired) electrons. The highest BCUT2D eigenvalue weighted by atomic mass is 32.2. The summed E-state index contributed by atoms with van der Waals surface area (Å²) in [6.45, 7) is 4.92. The van der Waals surface area contributed by atoms with Crippen LogP contribution in [0.4, 0.5) is 0 Å². The van der Waals surface area contributed by atoms with Crippen LogP contribution in [0.3, 0.4) is 0 Å². The molecular weight excluding hydrogens is 262 g/mol. The first-order valence-corrected chi connectivity index (χ1v) is 8.18. The van der Waals surface area contributed by atoms with Crippen LogP contribution in [0.1, 0.15) is 25.8 Å². The van der Waals surface area contributed by atoms with Gasteiger partial charge in [-0.05, 0) is 31.2 Å². The van der Waals surface area contributed by atoms with Crippen LogP contribution in [0.5, 0.6) is 0 Å². The van der Waals surface area contributed by atoms with Gasteiger partial charge < -0.3 is 5.32 Å². The molecule has 0 bridgehead atoms. The summed E-state index contributed by atoms with van der Waals surface area (Å²) in [6, 6.07) is 3.66. The van der Waals surface area contributed by atoms with E-state index in [2.05, 4.69) is 10.3 Å². The first-order chi connectivity index (χ1) is 9.03. The number of sulfonamides is 1. The standard InChI is InChI=1S/C13H23N3O2S/c1-4-13(14-3)10-16(5-2)19(17,18)11-12-6-8-15-9-7-12/h6-9,13-14H,4-5,10-11H2,1-3H3/t13-/m1/s1. The van der Waals surface area contributed by atoms with Gasteiger partial charge >= 0.3 is 0 Å². The van der Waals surface area contributed by atoms with Gasteiger partial charge in [0.05, 0.1) is 5.75 Å². The average Bonchev–Trinajstić information content (AvgIpc) is 2.40. The molecule has 0 aliphatic heterocycles. The summed E-state index contributed by atoms with van der Waals surface area (Å²) in [5.41, 5.74) is 0.769. The molecule has 5 nitrogen and oxygen atoms in total. The summed E-state index contributed by atoms with van der Waals surface area (Å²) in [7, 11) is -1.42. The van der Waals surface area contributed by atoms with Crippen molar-refractivity contribution < 1.29 is 8.42 Å². The number of hydrogen-bond acceptors (Lipinski definition) is 4. The number of hydrogen-bond donors (Lipinski definition) is 1. The van der Waals surface area contributed by atoms with Crippen LogP contribution in [0, 0.1) is 0 Å². The maximum Gasteiger partial charge on any atom is 0.218 e. The Bertz CT molecular complexity index is 458. The maximum atomic E-state index is 12.4. The molecule has 108 valence electrons. The third kappa shape index (κ3) is 4.89. The molecule has 0 fully saturated rings. The lowest BCUT2D eigenvalue weighted by Crippen LogP contribution is -2.42. The fourth-order valence-electron chi connectivity index (χ4n) is 1.89. The first kappa shape index (κ1) is 16.1. The third-order valence-electron chi connectivity index (χ3n) is 3.17. The highest BCUT2D eigenvalue weighted by Crippen LogP contribution is 2.11. The van der Waals surface area contributed by atoms with Gasteiger partial charge in [0.25, 0.3) is 0 Å². The van der Waals surface area contributed by atoms with E-state index in [1.165, 1.54) is 4.31 Å². The Kier molecular flexibility index (Phi) is 6.41. The van der Waals surface area contributed by atoms with Gasteiger partial charge in [-0.1, -0.05) is 13.8 Å². The molecule has 0 saturated heterocycles. The number of aromatic nitrogens is 1. The Morgan fingerprint density at radius 3 is 2.42 bits per heavy atom. The molecule has 0 amide bonds. The number of nitrogens with one attached hydrogen (secondary N) is 1. The van der Waals surface area contributed by atoms with Gasteiger partial charge in [-0.3, -0.25) is 4.98 Å². The minimum Gasteiger partial charge on any atom is -0.316 e. The van der Waals surface area contributed by atoms with Gasteiger partial charge in [-0.2, -0.15) is 0 Å². The van der Waals surface area contributed by atoms with E-state index in [0.717, 1.165) is 12.0 Å². The molecule has 6 heteroatoms. The summed E-state index contributed by atoms with van der Waals surface area (Å²) < 4.78 is 26.3. The van der Waals surface area contributed by atoms with Crippen molar-refractivity contribution in [1.82, 2.24) is 14.6 Å². The van der Waals surface area contributed by atoms with E-state index in [9.17, 15) is 8.42 Å². The van der Waals surface area contributed by atoms with Gasteiger partial charge in [-0.15, -0.1) is 0 Å². The van der Waals surface area contributed by atoms with Gasteiger partial charge in [0.2, 0.25) is 10.0 Å². The normalized spacial score (nSPS) is 13.7. The molecule has 1 heterocycles. The highest BCUT2D eigenvalue weighted by molar-refractivity contribution is 7.88. The summed E-state index contributed by atoms with van der Waals surface area (Å²) in [5, 5.41) is 3.14. The van der Waals surface area contributed by atoms with Crippen LogP contribution < -0.4 is 5.32 Å². The van der Waals surface area contributed by atoms with Crippen LogP contribution >= 0.6 is 0 Å². The minimum absolute atomic E-state index is 0.0313. The van der Waals surface area contributed by atoms with E-state index in [1.807, 2.05) is 20.9 Å². The Morgan fingerprint density at radius 1 is 1.32 bits per heavy atom. The molecule has 1 N–H and O–H groups in total. The second-order valence-electron chi connectivity index (χ2n) is 4.46. The molecule has 0 unspecified atom stereocenters. The number of rotatable bonds is 8. The van der Waals surface area contributed by atoms with E-state index in [1.54, 1.807) is 24.5 Å². The van der Waals surface area contributed by atoms with Crippen molar-refractivity contribution in [3.63, 3.8) is 0 Å². The molecule has 1 aromatic rings. The van der Waals surface area contributed by atoms with Gasteiger partial charge in [0.15, 0.2) is 0 Å². The van der Waals surface area contributed by atoms with E-state index in [0.29, 0.717) is 13.1 Å². The molecule has 0 aromatic carbocycles. The fraction of sp³-hybridized carbons (Fsp3) is 0.615. The largest absolute Gasteiger partial charge is 0.316 e. The highest BCUT2D eigenvalue weighted by Gasteiger charge is 2.23. The van der Waals surface area contributed by atoms with Gasteiger partial charge in [-0.25, -0.2) is 12.7 Å². The molecule has 1 atom stereocenters. The van der Waals surface area contributed by atoms with Crippen LogP contribution in [0.15, 0.2) is 24.5 Å². The quantitative estimate of drug-likeness (QED) is 0.780. The van der Waals surface area contributed by atoms with Crippen molar-refractivity contribution in [1.29, 1.82) is 0 Å². The Hall–Kier alpha value is -0.980. The average molecular weight is 285 g/mol. The lowest BCUT2D eigenvalue weighted by atomic mass is 10.2. The fourth-order valence-corrected chi connectivity index (χ4v) is 3.49. The van der Waals surface area contributed by atoms with E-state index in [-0.39, 0.29) is 11.8 Å². The predicted octanol–water partition coefficient (Wildman–Crippen LogP) is 1.23. The summed E-state index contributed by atoms with van der Waals surface area (Å²) in [4.78, 5) is 3.90. The minimum atomic E-state index is -3.28. The third-order valence-corrected chi connectivity index (χ3v) is 5.06. The van der Waals surface area contributed by atoms with Crippen molar-refractivity contribution in [2.45, 2.75) is 32.1 Å². The smallest absolute Gasteiger partial charge is 0.218 e. The monoisotopic (exact) mass is 285 g/mol. The Balaban J connectivity index is 2.78. The molecular formula is C13H23N3O2S. The van der Waals surface area contributed by atoms with E-state index < -0.39 is 10.0 Å². The van der Waals surface area contributed by atoms with Crippen molar-refractivity contribution in [2.24, 2.45) is 0 Å². The number of nitrogens with zero attached hydrogens (tertiary/aromatic N) is 2. The lowest BCUT2D eigenvalue weighted by Gasteiger charge is -2.25. The van der Waals surface area contributed by atoms with Crippen LogP contribution in [0.2, 0.25) is 0 Å². The summed E-state index contributed by atoms with van der Waals surface area (Å²) in [6.07, 6.45) is 4.13. The van der Waals surface area contributed by atoms with Crippen LogP contribution in [0.25, 0.3) is 0 Å². The summed E-state index contributed by atoms with van der Waals surface area (Å²) in [5.74, 6) is 0.0313. The SMILES string of the molecule is CC[C@H](CN(CC)S(=O)(=O)Cc1ccncc1)NC. The molecule has 1 aromatic heterocycles. The number of pyridine rings is 1. The van der Waals surface area contributed by atoms with Gasteiger partial charge in [0.1, 0.15) is 0 Å². The topological polar surface area (TPSA) is 62.3 Å². The van der Waals surface area contributed by atoms with Crippen molar-refractivity contribution in [3.05, 3.63) is 30.1 Å². The molecule has 0 aliphatic carbocycles.